The predicted octanol–water partition coefficient (Wildman–Crippen LogP) is 3.82. The van der Waals surface area contributed by atoms with Crippen LogP contribution < -0.4 is 4.74 Å². The van der Waals surface area contributed by atoms with Crippen LogP contribution >= 0.6 is 11.3 Å². The van der Waals surface area contributed by atoms with Gasteiger partial charge in [0.25, 0.3) is 0 Å². The van der Waals surface area contributed by atoms with Crippen LogP contribution in [-0.2, 0) is 6.42 Å². The molecule has 0 aliphatic heterocycles. The van der Waals surface area contributed by atoms with Gasteiger partial charge in [-0.1, -0.05) is 12.1 Å². The lowest BCUT2D eigenvalue weighted by atomic mass is 10.1. The molecule has 0 spiro atoms. The zero-order chi connectivity index (χ0) is 14.7. The van der Waals surface area contributed by atoms with Gasteiger partial charge in [-0.3, -0.25) is 0 Å². The molecule has 1 heterocycles. The van der Waals surface area contributed by atoms with Crippen molar-refractivity contribution in [2.45, 2.75) is 46.3 Å². The van der Waals surface area contributed by atoms with Crippen LogP contribution in [0.2, 0.25) is 0 Å². The smallest absolute Gasteiger partial charge is 0.119 e. The summed E-state index contributed by atoms with van der Waals surface area (Å²) in [6.45, 7) is 8.05. The molecule has 0 aliphatic carbocycles. The summed E-state index contributed by atoms with van der Waals surface area (Å²) in [4.78, 5) is 5.68. The lowest BCUT2D eigenvalue weighted by Crippen LogP contribution is -2.06. The van der Waals surface area contributed by atoms with Crippen LogP contribution in [0.25, 0.3) is 0 Å². The van der Waals surface area contributed by atoms with E-state index in [1.807, 2.05) is 45.0 Å². The average Bonchev–Trinajstić information content (AvgIpc) is 2.68. The molecule has 2 aromatic rings. The van der Waals surface area contributed by atoms with Gasteiger partial charge in [-0.2, -0.15) is 0 Å². The van der Waals surface area contributed by atoms with E-state index in [1.165, 1.54) is 4.88 Å². The summed E-state index contributed by atoms with van der Waals surface area (Å²) in [5.41, 5.74) is 1.95. The molecule has 0 saturated carbocycles. The molecule has 0 amide bonds. The van der Waals surface area contributed by atoms with E-state index in [0.29, 0.717) is 6.42 Å². The summed E-state index contributed by atoms with van der Waals surface area (Å²) in [5, 5.41) is 11.3. The van der Waals surface area contributed by atoms with Gasteiger partial charge in [0.2, 0.25) is 0 Å². The maximum absolute atomic E-state index is 10.3. The zero-order valence-electron chi connectivity index (χ0n) is 12.4. The molecular weight excluding hydrogens is 270 g/mol. The highest BCUT2D eigenvalue weighted by Crippen LogP contribution is 2.25. The topological polar surface area (TPSA) is 42.4 Å². The molecule has 108 valence electrons. The van der Waals surface area contributed by atoms with Gasteiger partial charge >= 0.3 is 0 Å². The normalized spacial score (nSPS) is 12.7. The second-order valence-corrected chi connectivity index (χ2v) is 6.49. The summed E-state index contributed by atoms with van der Waals surface area (Å²) >= 11 is 1.65. The minimum atomic E-state index is -0.520. The fourth-order valence-corrected chi connectivity index (χ4v) is 2.92. The third kappa shape index (κ3) is 3.81. The van der Waals surface area contributed by atoms with Gasteiger partial charge in [-0.15, -0.1) is 11.3 Å². The van der Waals surface area contributed by atoms with Crippen molar-refractivity contribution >= 4 is 11.3 Å². The van der Waals surface area contributed by atoms with Crippen molar-refractivity contribution in [1.29, 1.82) is 0 Å². The van der Waals surface area contributed by atoms with Crippen molar-refractivity contribution in [3.63, 3.8) is 0 Å². The Morgan fingerprint density at radius 1 is 1.20 bits per heavy atom. The molecule has 0 aliphatic rings. The van der Waals surface area contributed by atoms with E-state index >= 15 is 0 Å². The van der Waals surface area contributed by atoms with Crippen LogP contribution in [0.1, 0.15) is 41.1 Å². The first-order valence-electron chi connectivity index (χ1n) is 6.83. The van der Waals surface area contributed by atoms with Crippen LogP contribution in [-0.4, -0.2) is 16.2 Å². The zero-order valence-corrected chi connectivity index (χ0v) is 13.2. The van der Waals surface area contributed by atoms with Crippen LogP contribution in [0.4, 0.5) is 0 Å². The Morgan fingerprint density at radius 2 is 1.85 bits per heavy atom. The van der Waals surface area contributed by atoms with E-state index < -0.39 is 6.10 Å². The van der Waals surface area contributed by atoms with Gasteiger partial charge in [0.05, 0.1) is 22.9 Å². The molecule has 3 nitrogen and oxygen atoms in total. The van der Waals surface area contributed by atoms with E-state index in [4.69, 9.17) is 4.74 Å². The number of hydrogen-bond acceptors (Lipinski definition) is 4. The first-order valence-corrected chi connectivity index (χ1v) is 7.65. The number of aliphatic hydroxyl groups excluding tert-OH is 1. The van der Waals surface area contributed by atoms with E-state index in [2.05, 4.69) is 11.9 Å². The molecule has 20 heavy (non-hydrogen) atoms. The quantitative estimate of drug-likeness (QED) is 0.910. The van der Waals surface area contributed by atoms with Crippen LogP contribution in [0.15, 0.2) is 24.3 Å². The number of aromatic nitrogens is 1. The summed E-state index contributed by atoms with van der Waals surface area (Å²) in [5.74, 6) is 0.830. The number of benzene rings is 1. The molecular formula is C16H21NO2S. The van der Waals surface area contributed by atoms with Crippen molar-refractivity contribution in [3.05, 3.63) is 45.4 Å². The fourth-order valence-electron chi connectivity index (χ4n) is 1.95. The largest absolute Gasteiger partial charge is 0.491 e. The number of rotatable bonds is 5. The second kappa shape index (κ2) is 6.37. The Morgan fingerprint density at radius 3 is 2.35 bits per heavy atom. The molecule has 0 saturated heterocycles. The Bertz CT molecular complexity index is 541. The van der Waals surface area contributed by atoms with E-state index in [1.54, 1.807) is 11.3 Å². The highest BCUT2D eigenvalue weighted by Gasteiger charge is 2.12. The summed E-state index contributed by atoms with van der Waals surface area (Å²) in [6, 6.07) is 7.62. The van der Waals surface area contributed by atoms with Gasteiger partial charge in [0.1, 0.15) is 5.75 Å². The van der Waals surface area contributed by atoms with Gasteiger partial charge in [-0.05, 0) is 45.4 Å². The van der Waals surface area contributed by atoms with Gasteiger partial charge in [0.15, 0.2) is 0 Å². The first kappa shape index (κ1) is 15.0. The minimum absolute atomic E-state index is 0.159. The molecule has 4 heteroatoms. The molecule has 1 atom stereocenters. The SMILES string of the molecule is Cc1nc(CC(O)c2ccc(OC(C)C)cc2)sc1C. The standard InChI is InChI=1S/C16H21NO2S/c1-10(2)19-14-7-5-13(6-8-14)15(18)9-16-17-11(3)12(4)20-16/h5-8,10,15,18H,9H2,1-4H3. The third-order valence-electron chi connectivity index (χ3n) is 3.08. The minimum Gasteiger partial charge on any atom is -0.491 e. The second-order valence-electron chi connectivity index (χ2n) is 5.20. The molecule has 0 radical (unpaired) electrons. The van der Waals surface area contributed by atoms with Crippen molar-refractivity contribution < 1.29 is 9.84 Å². The molecule has 1 aromatic heterocycles. The van der Waals surface area contributed by atoms with Crippen LogP contribution in [0.5, 0.6) is 5.75 Å². The Labute approximate surface area is 124 Å². The van der Waals surface area contributed by atoms with Crippen molar-refractivity contribution in [2.24, 2.45) is 0 Å². The summed E-state index contributed by atoms with van der Waals surface area (Å²) < 4.78 is 5.59. The molecule has 0 fully saturated rings. The molecule has 1 unspecified atom stereocenters. The Kier molecular flexibility index (Phi) is 4.78. The predicted molar refractivity (Wildman–Crippen MR) is 82.5 cm³/mol. The third-order valence-corrected chi connectivity index (χ3v) is 4.17. The highest BCUT2D eigenvalue weighted by molar-refractivity contribution is 7.11. The molecule has 2 rings (SSSR count). The average molecular weight is 291 g/mol. The molecule has 1 aromatic carbocycles. The molecule has 0 bridgehead atoms. The van der Waals surface area contributed by atoms with Gasteiger partial charge in [-0.25, -0.2) is 4.98 Å². The number of aliphatic hydroxyl groups is 1. The Balaban J connectivity index is 2.03. The first-order chi connectivity index (χ1) is 9.45. The maximum Gasteiger partial charge on any atom is 0.119 e. The van der Waals surface area contributed by atoms with E-state index in [0.717, 1.165) is 22.0 Å². The lowest BCUT2D eigenvalue weighted by molar-refractivity contribution is 0.178. The molecule has 1 N–H and O–H groups in total. The number of hydrogen-bond donors (Lipinski definition) is 1. The van der Waals surface area contributed by atoms with Gasteiger partial charge < -0.3 is 9.84 Å². The highest BCUT2D eigenvalue weighted by atomic mass is 32.1. The summed E-state index contributed by atoms with van der Waals surface area (Å²) in [6.07, 6.45) is 0.198. The fraction of sp³-hybridized carbons (Fsp3) is 0.438. The number of thiazole rings is 1. The van der Waals surface area contributed by atoms with Gasteiger partial charge in [0, 0.05) is 11.3 Å². The van der Waals surface area contributed by atoms with Crippen LogP contribution in [0, 0.1) is 13.8 Å². The number of aryl methyl sites for hydroxylation is 2. The number of nitrogens with zero attached hydrogens (tertiary/aromatic N) is 1. The van der Waals surface area contributed by atoms with Crippen molar-refractivity contribution in [2.75, 3.05) is 0 Å². The van der Waals surface area contributed by atoms with E-state index in [-0.39, 0.29) is 6.10 Å². The lowest BCUT2D eigenvalue weighted by Gasteiger charge is -2.12. The maximum atomic E-state index is 10.3. The van der Waals surface area contributed by atoms with Crippen molar-refractivity contribution in [1.82, 2.24) is 4.98 Å². The van der Waals surface area contributed by atoms with Crippen molar-refractivity contribution in [3.8, 4) is 5.75 Å². The Hall–Kier alpha value is -1.39. The van der Waals surface area contributed by atoms with Crippen LogP contribution in [0.3, 0.4) is 0 Å². The summed E-state index contributed by atoms with van der Waals surface area (Å²) in [7, 11) is 0. The monoisotopic (exact) mass is 291 g/mol. The number of ether oxygens (including phenoxy) is 1. The van der Waals surface area contributed by atoms with E-state index in [9.17, 15) is 5.11 Å².